The Balaban J connectivity index is 3.79. The molecule has 0 fully saturated rings. The van der Waals surface area contributed by atoms with E-state index < -0.39 is 0 Å². The Morgan fingerprint density at radius 3 is 2.64 bits per heavy atom. The molecule has 0 aromatic carbocycles. The average Bonchev–Trinajstić information content (AvgIpc) is 2.02. The summed E-state index contributed by atoms with van der Waals surface area (Å²) < 4.78 is 0. The van der Waals surface area contributed by atoms with Crippen LogP contribution in [0.15, 0.2) is 0 Å². The van der Waals surface area contributed by atoms with Crippen LogP contribution >= 0.6 is 0 Å². The molecule has 1 unspecified atom stereocenters. The Morgan fingerprint density at radius 1 is 1.73 bits per heavy atom. The molecule has 0 saturated heterocycles. The molecule has 1 atom stereocenters. The lowest BCUT2D eigenvalue weighted by molar-refractivity contribution is -0.129. The van der Waals surface area contributed by atoms with Crippen LogP contribution in [0.3, 0.4) is 0 Å². The summed E-state index contributed by atoms with van der Waals surface area (Å²) in [5.41, 5.74) is 0. The first-order valence-corrected chi connectivity index (χ1v) is 3.75. The van der Waals surface area contributed by atoms with E-state index in [0.29, 0.717) is 13.0 Å². The maximum atomic E-state index is 11.0. The zero-order chi connectivity index (χ0) is 8.85. The minimum absolute atomic E-state index is 0.0736. The van der Waals surface area contributed by atoms with Crippen LogP contribution < -0.4 is 0 Å². The van der Waals surface area contributed by atoms with Gasteiger partial charge in [0.15, 0.2) is 0 Å². The Labute approximate surface area is 67.6 Å². The van der Waals surface area contributed by atoms with Crippen molar-refractivity contribution in [2.45, 2.75) is 20.3 Å². The van der Waals surface area contributed by atoms with Gasteiger partial charge in [-0.25, -0.2) is 0 Å². The molecule has 11 heavy (non-hydrogen) atoms. The largest absolute Gasteiger partial charge is 0.344 e. The molecule has 0 radical (unpaired) electrons. The highest BCUT2D eigenvalue weighted by Gasteiger charge is 2.08. The van der Waals surface area contributed by atoms with Crippen molar-refractivity contribution >= 4 is 5.91 Å². The third-order valence-electron chi connectivity index (χ3n) is 1.50. The second-order valence-corrected chi connectivity index (χ2v) is 2.66. The smallest absolute Gasteiger partial charge is 0.222 e. The van der Waals surface area contributed by atoms with Crippen molar-refractivity contribution in [2.24, 2.45) is 5.92 Å². The highest BCUT2D eigenvalue weighted by atomic mass is 16.2. The lowest BCUT2D eigenvalue weighted by atomic mass is 10.2. The van der Waals surface area contributed by atoms with E-state index in [1.165, 1.54) is 0 Å². The summed E-state index contributed by atoms with van der Waals surface area (Å²) in [5.74, 6) is 0.0163. The van der Waals surface area contributed by atoms with Gasteiger partial charge in [-0.3, -0.25) is 4.79 Å². The quantitative estimate of drug-likeness (QED) is 0.609. The summed E-state index contributed by atoms with van der Waals surface area (Å²) in [6, 6.07) is 2.08. The molecule has 0 aromatic heterocycles. The van der Waals surface area contributed by atoms with Crippen molar-refractivity contribution in [2.75, 3.05) is 13.6 Å². The van der Waals surface area contributed by atoms with Crippen LogP contribution in [-0.4, -0.2) is 24.4 Å². The van der Waals surface area contributed by atoms with E-state index in [9.17, 15) is 4.79 Å². The molecule has 0 bridgehead atoms. The monoisotopic (exact) mass is 154 g/mol. The fourth-order valence-electron chi connectivity index (χ4n) is 0.823. The molecular formula is C8H14N2O. The fourth-order valence-corrected chi connectivity index (χ4v) is 0.823. The van der Waals surface area contributed by atoms with Crippen LogP contribution in [-0.2, 0) is 4.79 Å². The van der Waals surface area contributed by atoms with Crippen molar-refractivity contribution < 1.29 is 4.79 Å². The fraction of sp³-hybridized carbons (Fsp3) is 0.750. The minimum atomic E-state index is -0.0736. The van der Waals surface area contributed by atoms with Gasteiger partial charge in [0, 0.05) is 20.0 Å². The van der Waals surface area contributed by atoms with E-state index in [4.69, 9.17) is 5.26 Å². The Morgan fingerprint density at radius 2 is 2.27 bits per heavy atom. The summed E-state index contributed by atoms with van der Waals surface area (Å²) in [4.78, 5) is 12.6. The maximum Gasteiger partial charge on any atom is 0.222 e. The molecule has 0 spiro atoms. The van der Waals surface area contributed by atoms with Crippen LogP contribution in [0, 0.1) is 17.2 Å². The molecule has 3 nitrogen and oxygen atoms in total. The first-order chi connectivity index (χ1) is 5.11. The molecule has 0 rings (SSSR count). The minimum Gasteiger partial charge on any atom is -0.344 e. The Bertz CT molecular complexity index is 171. The van der Waals surface area contributed by atoms with Crippen molar-refractivity contribution in [3.05, 3.63) is 0 Å². The van der Waals surface area contributed by atoms with E-state index >= 15 is 0 Å². The third kappa shape index (κ3) is 3.61. The molecule has 0 N–H and O–H groups in total. The number of carbonyl (C=O) groups excluding carboxylic acids is 1. The van der Waals surface area contributed by atoms with E-state index in [1.807, 2.05) is 6.92 Å². The average molecular weight is 154 g/mol. The SMILES string of the molecule is CCC(=O)N(C)CC(C)C#N. The van der Waals surface area contributed by atoms with Crippen LogP contribution in [0.4, 0.5) is 0 Å². The standard InChI is InChI=1S/C8H14N2O/c1-4-8(11)10(3)6-7(2)5-9/h7H,4,6H2,1-3H3. The highest BCUT2D eigenvalue weighted by Crippen LogP contribution is 1.97. The van der Waals surface area contributed by atoms with Gasteiger partial charge in [-0.1, -0.05) is 6.92 Å². The van der Waals surface area contributed by atoms with Gasteiger partial charge in [-0.2, -0.15) is 5.26 Å². The van der Waals surface area contributed by atoms with E-state index in [-0.39, 0.29) is 11.8 Å². The summed E-state index contributed by atoms with van der Waals surface area (Å²) in [7, 11) is 1.72. The number of nitrogens with zero attached hydrogens (tertiary/aromatic N) is 2. The van der Waals surface area contributed by atoms with Gasteiger partial charge in [0.05, 0.1) is 12.0 Å². The van der Waals surface area contributed by atoms with Crippen LogP contribution in [0.1, 0.15) is 20.3 Å². The van der Waals surface area contributed by atoms with Crippen molar-refractivity contribution in [1.29, 1.82) is 5.26 Å². The maximum absolute atomic E-state index is 11.0. The van der Waals surface area contributed by atoms with Gasteiger partial charge in [-0.15, -0.1) is 0 Å². The van der Waals surface area contributed by atoms with Crippen molar-refractivity contribution in [3.8, 4) is 6.07 Å². The van der Waals surface area contributed by atoms with E-state index in [0.717, 1.165) is 0 Å². The van der Waals surface area contributed by atoms with Gasteiger partial charge in [0.2, 0.25) is 5.91 Å². The van der Waals surface area contributed by atoms with Gasteiger partial charge in [0.1, 0.15) is 0 Å². The number of rotatable bonds is 3. The number of hydrogen-bond acceptors (Lipinski definition) is 2. The first-order valence-electron chi connectivity index (χ1n) is 3.75. The van der Waals surface area contributed by atoms with Gasteiger partial charge in [-0.05, 0) is 6.92 Å². The highest BCUT2D eigenvalue weighted by molar-refractivity contribution is 5.75. The number of amides is 1. The van der Waals surface area contributed by atoms with Gasteiger partial charge in [0.25, 0.3) is 0 Å². The molecule has 0 aliphatic rings. The Hall–Kier alpha value is -1.04. The molecule has 0 aliphatic heterocycles. The van der Waals surface area contributed by atoms with Crippen molar-refractivity contribution in [3.63, 3.8) is 0 Å². The zero-order valence-electron chi connectivity index (χ0n) is 7.29. The third-order valence-corrected chi connectivity index (χ3v) is 1.50. The van der Waals surface area contributed by atoms with E-state index in [1.54, 1.807) is 18.9 Å². The second kappa shape index (κ2) is 4.73. The number of nitriles is 1. The summed E-state index contributed by atoms with van der Waals surface area (Å²) in [6.45, 7) is 4.15. The van der Waals surface area contributed by atoms with Crippen LogP contribution in [0.5, 0.6) is 0 Å². The van der Waals surface area contributed by atoms with Crippen molar-refractivity contribution in [1.82, 2.24) is 4.90 Å². The number of hydrogen-bond donors (Lipinski definition) is 0. The van der Waals surface area contributed by atoms with Gasteiger partial charge < -0.3 is 4.90 Å². The van der Waals surface area contributed by atoms with Crippen LogP contribution in [0.25, 0.3) is 0 Å². The molecule has 0 saturated carbocycles. The topological polar surface area (TPSA) is 44.1 Å². The molecule has 0 aromatic rings. The lowest BCUT2D eigenvalue weighted by Gasteiger charge is -2.16. The predicted octanol–water partition coefficient (Wildman–Crippen LogP) is 1.01. The molecule has 3 heteroatoms. The second-order valence-electron chi connectivity index (χ2n) is 2.66. The normalized spacial score (nSPS) is 11.8. The lowest BCUT2D eigenvalue weighted by Crippen LogP contribution is -2.29. The molecular weight excluding hydrogens is 140 g/mol. The summed E-state index contributed by atoms with van der Waals surface area (Å²) >= 11 is 0. The Kier molecular flexibility index (Phi) is 4.28. The van der Waals surface area contributed by atoms with Gasteiger partial charge >= 0.3 is 0 Å². The zero-order valence-corrected chi connectivity index (χ0v) is 7.29. The molecule has 0 aliphatic carbocycles. The number of carbonyl (C=O) groups is 1. The predicted molar refractivity (Wildman–Crippen MR) is 42.7 cm³/mol. The summed E-state index contributed by atoms with van der Waals surface area (Å²) in [6.07, 6.45) is 0.509. The van der Waals surface area contributed by atoms with Crippen LogP contribution in [0.2, 0.25) is 0 Å². The molecule has 1 amide bonds. The molecule has 0 heterocycles. The summed E-state index contributed by atoms with van der Waals surface area (Å²) in [5, 5.41) is 8.45. The van der Waals surface area contributed by atoms with E-state index in [2.05, 4.69) is 6.07 Å². The molecule has 62 valence electrons. The first kappa shape index (κ1) is 9.96.